The fourth-order valence-electron chi connectivity index (χ4n) is 3.89. The van der Waals surface area contributed by atoms with Crippen molar-refractivity contribution in [3.05, 3.63) is 59.4 Å². The van der Waals surface area contributed by atoms with Gasteiger partial charge in [-0.15, -0.1) is 6.42 Å². The van der Waals surface area contributed by atoms with Crippen molar-refractivity contribution in [3.8, 4) is 18.0 Å². The first kappa shape index (κ1) is 20.5. The van der Waals surface area contributed by atoms with Gasteiger partial charge in [0.05, 0.1) is 29.7 Å². The number of carbonyl (C=O) groups is 1. The first-order valence-corrected chi connectivity index (χ1v) is 9.98. The minimum atomic E-state index is -0.549. The van der Waals surface area contributed by atoms with Crippen LogP contribution >= 0.6 is 0 Å². The molecule has 8 nitrogen and oxygen atoms in total. The number of hydrogen-bond donors (Lipinski definition) is 1. The highest BCUT2D eigenvalue weighted by Gasteiger charge is 2.35. The van der Waals surface area contributed by atoms with Crippen LogP contribution in [0.2, 0.25) is 0 Å². The second-order valence-corrected chi connectivity index (χ2v) is 7.46. The van der Waals surface area contributed by atoms with Crippen LogP contribution in [0.1, 0.15) is 34.6 Å². The minimum Gasteiger partial charge on any atom is -0.348 e. The van der Waals surface area contributed by atoms with Crippen LogP contribution in [0.5, 0.6) is 0 Å². The van der Waals surface area contributed by atoms with Gasteiger partial charge in [0, 0.05) is 17.9 Å². The van der Waals surface area contributed by atoms with Crippen LogP contribution in [-0.2, 0) is 0 Å². The number of benzene rings is 1. The third kappa shape index (κ3) is 4.23. The molecule has 158 valence electrons. The van der Waals surface area contributed by atoms with Crippen molar-refractivity contribution < 1.29 is 9.18 Å². The summed E-state index contributed by atoms with van der Waals surface area (Å²) in [4.78, 5) is 25.2. The summed E-state index contributed by atoms with van der Waals surface area (Å²) < 4.78 is 14.0. The highest BCUT2D eigenvalue weighted by Crippen LogP contribution is 2.25. The lowest BCUT2D eigenvalue weighted by atomic mass is 9.95. The Balaban J connectivity index is 1.64. The van der Waals surface area contributed by atoms with E-state index in [1.54, 1.807) is 4.90 Å². The van der Waals surface area contributed by atoms with E-state index in [4.69, 9.17) is 6.42 Å². The van der Waals surface area contributed by atoms with Gasteiger partial charge in [0.1, 0.15) is 11.9 Å². The Hall–Kier alpha value is -3.80. The molecule has 1 amide bonds. The predicted molar refractivity (Wildman–Crippen MR) is 113 cm³/mol. The summed E-state index contributed by atoms with van der Waals surface area (Å²) in [7, 11) is 0. The van der Waals surface area contributed by atoms with Crippen LogP contribution in [0.15, 0.2) is 36.7 Å². The molecule has 0 aliphatic carbocycles. The molecule has 3 heterocycles. The number of terminal acetylenes is 1. The van der Waals surface area contributed by atoms with Gasteiger partial charge in [0.2, 0.25) is 5.95 Å². The maximum atomic E-state index is 14.0. The van der Waals surface area contributed by atoms with Crippen LogP contribution in [0.3, 0.4) is 0 Å². The highest BCUT2D eigenvalue weighted by atomic mass is 19.1. The Kier molecular flexibility index (Phi) is 5.62. The number of anilines is 1. The topological polar surface area (TPSA) is 88.8 Å². The van der Waals surface area contributed by atoms with E-state index < -0.39 is 11.9 Å². The van der Waals surface area contributed by atoms with E-state index in [0.29, 0.717) is 18.2 Å². The second kappa shape index (κ2) is 8.52. The molecule has 1 N–H and O–H groups in total. The molecule has 31 heavy (non-hydrogen) atoms. The highest BCUT2D eigenvalue weighted by molar-refractivity contribution is 5.98. The van der Waals surface area contributed by atoms with E-state index in [1.165, 1.54) is 35.4 Å². The predicted octanol–water partition coefficient (Wildman–Crippen LogP) is 2.53. The first-order chi connectivity index (χ1) is 15.0. The Morgan fingerprint density at radius 1 is 1.19 bits per heavy atom. The zero-order valence-corrected chi connectivity index (χ0v) is 17.3. The van der Waals surface area contributed by atoms with Gasteiger partial charge in [-0.1, -0.05) is 5.92 Å². The number of rotatable bonds is 4. The molecule has 2 atom stereocenters. The molecule has 3 aromatic rings. The Morgan fingerprint density at radius 3 is 2.58 bits per heavy atom. The number of likely N-dealkylation sites (tertiary alicyclic amines) is 1. The molecule has 0 saturated carbocycles. The quantitative estimate of drug-likeness (QED) is 0.654. The zero-order chi connectivity index (χ0) is 22.0. The van der Waals surface area contributed by atoms with Crippen molar-refractivity contribution in [1.29, 1.82) is 0 Å². The molecule has 9 heteroatoms. The summed E-state index contributed by atoms with van der Waals surface area (Å²) >= 11 is 0. The van der Waals surface area contributed by atoms with Gasteiger partial charge < -0.3 is 10.2 Å². The average Bonchev–Trinajstić information content (AvgIpc) is 3.27. The Labute approximate surface area is 179 Å². The van der Waals surface area contributed by atoms with E-state index in [1.807, 2.05) is 19.9 Å². The van der Waals surface area contributed by atoms with Gasteiger partial charge in [-0.05, 0) is 51.0 Å². The summed E-state index contributed by atoms with van der Waals surface area (Å²) in [5.74, 6) is 2.31. The largest absolute Gasteiger partial charge is 0.348 e. The standard InChI is InChI=1S/C22H22FN7O/c1-4-19-18(28-22-26-14(2)12-15(3)27-22)6-5-11-29(19)21(31)17-13-16(23)7-8-20(17)30-24-9-10-25-30/h1,7-10,12-13,18-19H,5-6,11H2,2-3H3,(H,26,27,28). The maximum Gasteiger partial charge on any atom is 0.257 e. The van der Waals surface area contributed by atoms with Gasteiger partial charge in [-0.2, -0.15) is 15.0 Å². The lowest BCUT2D eigenvalue weighted by Gasteiger charge is -2.39. The molecule has 1 saturated heterocycles. The van der Waals surface area contributed by atoms with Crippen molar-refractivity contribution in [3.63, 3.8) is 0 Å². The molecule has 0 bridgehead atoms. The SMILES string of the molecule is C#CC1C(Nc2nc(C)cc(C)n2)CCCN1C(=O)c1cc(F)ccc1-n1nccn1. The van der Waals surface area contributed by atoms with Crippen molar-refractivity contribution in [2.75, 3.05) is 11.9 Å². The normalized spacial score (nSPS) is 18.5. The number of nitrogens with one attached hydrogen (secondary N) is 1. The molecule has 2 unspecified atom stereocenters. The molecule has 1 aliphatic rings. The summed E-state index contributed by atoms with van der Waals surface area (Å²) in [6.07, 6.45) is 10.3. The summed E-state index contributed by atoms with van der Waals surface area (Å²) in [5, 5.41) is 11.4. The van der Waals surface area contributed by atoms with Crippen molar-refractivity contribution in [2.45, 2.75) is 38.8 Å². The molecule has 1 aliphatic heterocycles. The zero-order valence-electron chi connectivity index (χ0n) is 17.3. The summed E-state index contributed by atoms with van der Waals surface area (Å²) in [6.45, 7) is 4.25. The van der Waals surface area contributed by atoms with Crippen molar-refractivity contribution in [2.24, 2.45) is 0 Å². The number of amides is 1. The van der Waals surface area contributed by atoms with Crippen molar-refractivity contribution in [1.82, 2.24) is 29.9 Å². The minimum absolute atomic E-state index is 0.153. The Morgan fingerprint density at radius 2 is 1.90 bits per heavy atom. The number of piperidine rings is 1. The summed E-state index contributed by atoms with van der Waals surface area (Å²) in [5.41, 5.74) is 2.22. The number of carbonyl (C=O) groups excluding carboxylic acids is 1. The fraction of sp³-hybridized carbons (Fsp3) is 0.318. The van der Waals surface area contributed by atoms with Crippen molar-refractivity contribution >= 4 is 11.9 Å². The molecule has 0 spiro atoms. The number of nitrogens with zero attached hydrogens (tertiary/aromatic N) is 6. The third-order valence-corrected chi connectivity index (χ3v) is 5.18. The molecular weight excluding hydrogens is 397 g/mol. The Bertz CT molecular complexity index is 1120. The van der Waals surface area contributed by atoms with Crippen LogP contribution < -0.4 is 5.32 Å². The summed E-state index contributed by atoms with van der Waals surface area (Å²) in [6, 6.07) is 5.05. The maximum absolute atomic E-state index is 14.0. The van der Waals surface area contributed by atoms with E-state index in [9.17, 15) is 9.18 Å². The number of halogens is 1. The van der Waals surface area contributed by atoms with Crippen LogP contribution in [-0.4, -0.2) is 54.4 Å². The number of aryl methyl sites for hydroxylation is 2. The van der Waals surface area contributed by atoms with Gasteiger partial charge >= 0.3 is 0 Å². The molecule has 2 aromatic heterocycles. The van der Waals surface area contributed by atoms with Gasteiger partial charge in [0.15, 0.2) is 0 Å². The number of hydrogen-bond acceptors (Lipinski definition) is 6. The molecular formula is C22H22FN7O. The smallest absolute Gasteiger partial charge is 0.257 e. The van der Waals surface area contributed by atoms with E-state index in [-0.39, 0.29) is 17.5 Å². The molecule has 1 fully saturated rings. The van der Waals surface area contributed by atoms with Crippen LogP contribution in [0.4, 0.5) is 10.3 Å². The van der Waals surface area contributed by atoms with E-state index in [0.717, 1.165) is 24.2 Å². The van der Waals surface area contributed by atoms with Gasteiger partial charge in [-0.3, -0.25) is 4.79 Å². The molecule has 4 rings (SSSR count). The monoisotopic (exact) mass is 419 g/mol. The lowest BCUT2D eigenvalue weighted by molar-refractivity contribution is 0.0657. The number of aromatic nitrogens is 5. The fourth-order valence-corrected chi connectivity index (χ4v) is 3.89. The molecule has 1 aromatic carbocycles. The van der Waals surface area contributed by atoms with E-state index in [2.05, 4.69) is 31.4 Å². The van der Waals surface area contributed by atoms with Gasteiger partial charge in [-0.25, -0.2) is 14.4 Å². The average molecular weight is 419 g/mol. The lowest BCUT2D eigenvalue weighted by Crippen LogP contribution is -2.53. The third-order valence-electron chi connectivity index (χ3n) is 5.18. The first-order valence-electron chi connectivity index (χ1n) is 9.98. The molecule has 0 radical (unpaired) electrons. The van der Waals surface area contributed by atoms with E-state index >= 15 is 0 Å². The van der Waals surface area contributed by atoms with Crippen LogP contribution in [0, 0.1) is 32.0 Å². The van der Waals surface area contributed by atoms with Gasteiger partial charge in [0.25, 0.3) is 5.91 Å². The van der Waals surface area contributed by atoms with Crippen LogP contribution in [0.25, 0.3) is 5.69 Å². The second-order valence-electron chi connectivity index (χ2n) is 7.46.